The molecule has 2 fully saturated rings. The zero-order chi connectivity index (χ0) is 32.1. The van der Waals surface area contributed by atoms with E-state index in [0.717, 1.165) is 11.2 Å². The second-order valence-electron chi connectivity index (χ2n) is 11.0. The minimum absolute atomic E-state index is 0.0133. The van der Waals surface area contributed by atoms with E-state index in [9.17, 15) is 45.2 Å². The van der Waals surface area contributed by atoms with Gasteiger partial charge in [-0.2, -0.15) is 13.2 Å². The molecule has 5 amide bonds. The lowest BCUT2D eigenvalue weighted by Gasteiger charge is -2.43. The van der Waals surface area contributed by atoms with Gasteiger partial charge in [0.05, 0.1) is 16.0 Å². The van der Waals surface area contributed by atoms with Gasteiger partial charge in [0.2, 0.25) is 5.91 Å². The number of carbonyl (C=O) groups is 4. The molecule has 2 saturated heterocycles. The minimum Gasteiger partial charge on any atom is -0.341 e. The first-order valence-corrected chi connectivity index (χ1v) is 15.2. The number of urea groups is 1. The monoisotopic (exact) mass is 626 g/mol. The molecular weight excluding hydrogens is 596 g/mol. The van der Waals surface area contributed by atoms with Crippen molar-refractivity contribution >= 4 is 39.3 Å². The maximum Gasteiger partial charge on any atom is 0.416 e. The summed E-state index contributed by atoms with van der Waals surface area (Å²) in [5, 5.41) is 2.36. The van der Waals surface area contributed by atoms with Crippen LogP contribution in [0, 0.1) is 11.7 Å². The predicted molar refractivity (Wildman–Crippen MR) is 146 cm³/mol. The SMILES string of the molecule is CC(C)[C@@H](NC(=O)c1cc(C(F)(F)F)ccc1F)C(=O)N1CCC2(CC1)C(=O)N(C)C(=O)N2c1ccc(S(C)(=O)=O)cc1. The molecule has 2 aromatic carbocycles. The molecule has 15 heteroatoms. The van der Waals surface area contributed by atoms with Gasteiger partial charge in [-0.3, -0.25) is 24.2 Å². The van der Waals surface area contributed by atoms with E-state index in [0.29, 0.717) is 23.9 Å². The van der Waals surface area contributed by atoms with Gasteiger partial charge in [-0.1, -0.05) is 13.8 Å². The molecule has 0 aliphatic carbocycles. The van der Waals surface area contributed by atoms with E-state index in [2.05, 4.69) is 5.32 Å². The third-order valence-corrected chi connectivity index (χ3v) is 8.92. The van der Waals surface area contributed by atoms with Crippen molar-refractivity contribution < 1.29 is 45.2 Å². The Morgan fingerprint density at radius 3 is 2.09 bits per heavy atom. The van der Waals surface area contributed by atoms with Crippen LogP contribution in [0.15, 0.2) is 47.4 Å². The van der Waals surface area contributed by atoms with Gasteiger partial charge < -0.3 is 10.2 Å². The van der Waals surface area contributed by atoms with Gasteiger partial charge in [0.15, 0.2) is 9.84 Å². The molecule has 43 heavy (non-hydrogen) atoms. The predicted octanol–water partition coefficient (Wildman–Crippen LogP) is 3.46. The van der Waals surface area contributed by atoms with Crippen molar-refractivity contribution in [2.75, 3.05) is 31.3 Å². The number of imide groups is 1. The number of hydrogen-bond donors (Lipinski definition) is 1. The summed E-state index contributed by atoms with van der Waals surface area (Å²) >= 11 is 0. The minimum atomic E-state index is -4.81. The summed E-state index contributed by atoms with van der Waals surface area (Å²) in [7, 11) is -2.18. The van der Waals surface area contributed by atoms with Crippen LogP contribution in [-0.2, 0) is 25.6 Å². The molecule has 4 rings (SSSR count). The fourth-order valence-corrected chi connectivity index (χ4v) is 6.00. The number of benzene rings is 2. The van der Waals surface area contributed by atoms with Gasteiger partial charge in [-0.15, -0.1) is 0 Å². The summed E-state index contributed by atoms with van der Waals surface area (Å²) in [6, 6.07) is 5.10. The van der Waals surface area contributed by atoms with Crippen LogP contribution < -0.4 is 10.2 Å². The first-order valence-electron chi connectivity index (χ1n) is 13.3. The average molecular weight is 627 g/mol. The Kier molecular flexibility index (Phi) is 8.35. The average Bonchev–Trinajstić information content (AvgIpc) is 3.11. The number of amides is 5. The lowest BCUT2D eigenvalue weighted by Crippen LogP contribution is -2.60. The normalized spacial score (nSPS) is 18.0. The highest BCUT2D eigenvalue weighted by Gasteiger charge is 2.58. The molecule has 1 atom stereocenters. The first kappa shape index (κ1) is 31.9. The molecular formula is C28H30F4N4O6S. The van der Waals surface area contributed by atoms with Crippen LogP contribution in [0.25, 0.3) is 0 Å². The van der Waals surface area contributed by atoms with E-state index in [1.807, 2.05) is 0 Å². The third kappa shape index (κ3) is 5.94. The van der Waals surface area contributed by atoms with Gasteiger partial charge in [-0.05, 0) is 61.2 Å². The molecule has 0 bridgehead atoms. The Labute approximate surface area is 245 Å². The molecule has 10 nitrogen and oxygen atoms in total. The molecule has 0 radical (unpaired) electrons. The van der Waals surface area contributed by atoms with Crippen LogP contribution in [-0.4, -0.2) is 79.9 Å². The van der Waals surface area contributed by atoms with E-state index in [1.165, 1.54) is 41.1 Å². The molecule has 1 N–H and O–H groups in total. The van der Waals surface area contributed by atoms with E-state index in [4.69, 9.17) is 0 Å². The topological polar surface area (TPSA) is 124 Å². The number of alkyl halides is 3. The molecule has 1 spiro atoms. The van der Waals surface area contributed by atoms with Gasteiger partial charge in [0, 0.05) is 32.1 Å². The number of sulfone groups is 1. The van der Waals surface area contributed by atoms with Crippen molar-refractivity contribution in [3.8, 4) is 0 Å². The van der Waals surface area contributed by atoms with Crippen molar-refractivity contribution in [3.05, 3.63) is 59.4 Å². The molecule has 0 saturated carbocycles. The van der Waals surface area contributed by atoms with Crippen molar-refractivity contribution in [1.29, 1.82) is 0 Å². The van der Waals surface area contributed by atoms with Crippen LogP contribution in [0.1, 0.15) is 42.6 Å². The van der Waals surface area contributed by atoms with E-state index < -0.39 is 74.2 Å². The molecule has 2 aliphatic rings. The highest BCUT2D eigenvalue weighted by Crippen LogP contribution is 2.40. The van der Waals surface area contributed by atoms with Crippen molar-refractivity contribution in [1.82, 2.24) is 15.1 Å². The number of likely N-dealkylation sites (N-methyl/N-ethyl adjacent to an activating group) is 1. The van der Waals surface area contributed by atoms with Crippen LogP contribution in [0.4, 0.5) is 28.0 Å². The Hall–Kier alpha value is -4.01. The maximum atomic E-state index is 14.3. The Bertz CT molecular complexity index is 1570. The van der Waals surface area contributed by atoms with Crippen molar-refractivity contribution in [2.24, 2.45) is 5.92 Å². The summed E-state index contributed by atoms with van der Waals surface area (Å²) in [4.78, 5) is 56.5. The third-order valence-electron chi connectivity index (χ3n) is 7.79. The Morgan fingerprint density at radius 2 is 1.58 bits per heavy atom. The number of hydrogen-bond acceptors (Lipinski definition) is 6. The van der Waals surface area contributed by atoms with Crippen LogP contribution in [0.5, 0.6) is 0 Å². The number of carbonyl (C=O) groups excluding carboxylic acids is 4. The van der Waals surface area contributed by atoms with Gasteiger partial charge in [-0.25, -0.2) is 17.6 Å². The van der Waals surface area contributed by atoms with Crippen LogP contribution in [0.3, 0.4) is 0 Å². The fourth-order valence-electron chi connectivity index (χ4n) is 5.37. The van der Waals surface area contributed by atoms with E-state index in [1.54, 1.807) is 13.8 Å². The van der Waals surface area contributed by atoms with E-state index >= 15 is 0 Å². The summed E-state index contributed by atoms with van der Waals surface area (Å²) < 4.78 is 77.5. The van der Waals surface area contributed by atoms with E-state index in [-0.39, 0.29) is 30.8 Å². The number of anilines is 1. The summed E-state index contributed by atoms with van der Waals surface area (Å²) in [5.41, 5.74) is -3.14. The standard InChI is InChI=1S/C28H30F4N4O6S/c1-16(2)22(33-23(37)20-15-17(28(30,31)32)5-10-21(20)29)24(38)35-13-11-27(12-14-35)25(39)34(3)26(40)36(27)18-6-8-19(9-7-18)43(4,41)42/h5-10,15-16,22H,11-14H2,1-4H3,(H,33,37)/t22-/m1/s1. The zero-order valence-corrected chi connectivity index (χ0v) is 24.6. The quantitative estimate of drug-likeness (QED) is 0.387. The molecule has 232 valence electrons. The number of likely N-dealkylation sites (tertiary alicyclic amines) is 1. The fraction of sp³-hybridized carbons (Fsp3) is 0.429. The largest absolute Gasteiger partial charge is 0.416 e. The Morgan fingerprint density at radius 1 is 1.00 bits per heavy atom. The summed E-state index contributed by atoms with van der Waals surface area (Å²) in [6.45, 7) is 3.18. The van der Waals surface area contributed by atoms with Crippen molar-refractivity contribution in [2.45, 2.75) is 49.3 Å². The maximum absolute atomic E-state index is 14.3. The van der Waals surface area contributed by atoms with Gasteiger partial charge in [0.25, 0.3) is 11.8 Å². The highest BCUT2D eigenvalue weighted by atomic mass is 32.2. The molecule has 0 unspecified atom stereocenters. The zero-order valence-electron chi connectivity index (χ0n) is 23.7. The Balaban J connectivity index is 1.54. The number of nitrogens with one attached hydrogen (secondary N) is 1. The van der Waals surface area contributed by atoms with Gasteiger partial charge >= 0.3 is 12.2 Å². The number of nitrogens with zero attached hydrogens (tertiary/aromatic N) is 3. The summed E-state index contributed by atoms with van der Waals surface area (Å²) in [6.07, 6.45) is -3.74. The second kappa shape index (κ2) is 11.2. The van der Waals surface area contributed by atoms with Gasteiger partial charge in [0.1, 0.15) is 17.4 Å². The number of piperidine rings is 1. The highest BCUT2D eigenvalue weighted by molar-refractivity contribution is 7.90. The van der Waals surface area contributed by atoms with Crippen LogP contribution >= 0.6 is 0 Å². The summed E-state index contributed by atoms with van der Waals surface area (Å²) in [5.74, 6) is -3.98. The lowest BCUT2D eigenvalue weighted by molar-refractivity contribution is -0.139. The second-order valence-corrected chi connectivity index (χ2v) is 13.0. The molecule has 2 aromatic rings. The lowest BCUT2D eigenvalue weighted by atomic mass is 9.85. The first-order chi connectivity index (χ1) is 19.9. The molecule has 2 aliphatic heterocycles. The molecule has 0 aromatic heterocycles. The number of halogens is 4. The number of rotatable bonds is 6. The molecule has 2 heterocycles. The van der Waals surface area contributed by atoms with Crippen LogP contribution in [0.2, 0.25) is 0 Å². The smallest absolute Gasteiger partial charge is 0.341 e. The van der Waals surface area contributed by atoms with Crippen molar-refractivity contribution in [3.63, 3.8) is 0 Å².